The van der Waals surface area contributed by atoms with Crippen molar-refractivity contribution in [2.45, 2.75) is 6.92 Å². The minimum atomic E-state index is -1.20. The molecule has 0 aliphatic heterocycles. The fourth-order valence-electron chi connectivity index (χ4n) is 1.57. The van der Waals surface area contributed by atoms with Crippen LogP contribution in [0.1, 0.15) is 6.92 Å². The first-order valence-corrected chi connectivity index (χ1v) is 5.11. The number of aromatic hydroxyl groups is 1. The molecule has 1 aromatic heterocycles. The van der Waals surface area contributed by atoms with Crippen molar-refractivity contribution < 1.29 is 19.2 Å². The third kappa shape index (κ3) is 1.86. The standard InChI is InChI=1S/C11H9NO6/c1-2-17-6-3-4-7-8(5-6)18-11(14)9(10(7)13)12(15)16/h3-5,13H,2H2,1H3. The predicted molar refractivity (Wildman–Crippen MR) is 62.0 cm³/mol. The lowest BCUT2D eigenvalue weighted by Gasteiger charge is -2.04. The number of fused-ring (bicyclic) bond motifs is 1. The van der Waals surface area contributed by atoms with E-state index in [-0.39, 0.29) is 11.0 Å². The zero-order chi connectivity index (χ0) is 13.3. The van der Waals surface area contributed by atoms with Gasteiger partial charge < -0.3 is 14.3 Å². The van der Waals surface area contributed by atoms with E-state index in [1.165, 1.54) is 18.2 Å². The largest absolute Gasteiger partial charge is 0.501 e. The summed E-state index contributed by atoms with van der Waals surface area (Å²) in [6.45, 7) is 2.21. The number of nitrogens with zero attached hydrogens (tertiary/aromatic N) is 1. The summed E-state index contributed by atoms with van der Waals surface area (Å²) >= 11 is 0. The van der Waals surface area contributed by atoms with Gasteiger partial charge in [0.1, 0.15) is 11.3 Å². The highest BCUT2D eigenvalue weighted by Crippen LogP contribution is 2.32. The molecular weight excluding hydrogens is 242 g/mol. The zero-order valence-corrected chi connectivity index (χ0v) is 9.37. The third-order valence-corrected chi connectivity index (χ3v) is 2.32. The first kappa shape index (κ1) is 11.9. The van der Waals surface area contributed by atoms with Gasteiger partial charge in [0.2, 0.25) is 5.75 Å². The third-order valence-electron chi connectivity index (χ3n) is 2.32. The van der Waals surface area contributed by atoms with Crippen LogP contribution in [0.2, 0.25) is 0 Å². The molecule has 0 fully saturated rings. The normalized spacial score (nSPS) is 10.5. The molecule has 1 heterocycles. The summed E-state index contributed by atoms with van der Waals surface area (Å²) in [6, 6.07) is 4.31. The van der Waals surface area contributed by atoms with Gasteiger partial charge in [-0.3, -0.25) is 10.1 Å². The number of rotatable bonds is 3. The van der Waals surface area contributed by atoms with Gasteiger partial charge in [-0.15, -0.1) is 0 Å². The van der Waals surface area contributed by atoms with Gasteiger partial charge in [-0.2, -0.15) is 0 Å². The Kier molecular flexibility index (Phi) is 2.88. The first-order valence-electron chi connectivity index (χ1n) is 5.11. The van der Waals surface area contributed by atoms with Crippen LogP contribution >= 0.6 is 0 Å². The van der Waals surface area contributed by atoms with Crippen LogP contribution in [0, 0.1) is 10.1 Å². The van der Waals surface area contributed by atoms with Crippen molar-refractivity contribution in [2.75, 3.05) is 6.61 Å². The fraction of sp³-hybridized carbons (Fsp3) is 0.182. The molecule has 0 saturated heterocycles. The summed E-state index contributed by atoms with van der Waals surface area (Å²) < 4.78 is 9.98. The molecule has 0 spiro atoms. The van der Waals surface area contributed by atoms with Gasteiger partial charge in [-0.1, -0.05) is 0 Å². The van der Waals surface area contributed by atoms with Gasteiger partial charge in [-0.25, -0.2) is 4.79 Å². The van der Waals surface area contributed by atoms with E-state index in [1.54, 1.807) is 6.92 Å². The van der Waals surface area contributed by atoms with E-state index in [9.17, 15) is 20.0 Å². The van der Waals surface area contributed by atoms with Gasteiger partial charge in [0.15, 0.2) is 0 Å². The van der Waals surface area contributed by atoms with E-state index >= 15 is 0 Å². The Bertz CT molecular complexity index is 675. The Morgan fingerprint density at radius 3 is 2.83 bits per heavy atom. The summed E-state index contributed by atoms with van der Waals surface area (Å²) in [5.74, 6) is -0.254. The highest BCUT2D eigenvalue weighted by atomic mass is 16.6. The Morgan fingerprint density at radius 2 is 2.22 bits per heavy atom. The maximum Gasteiger partial charge on any atom is 0.419 e. The van der Waals surface area contributed by atoms with Crippen LogP contribution in [0.15, 0.2) is 27.4 Å². The van der Waals surface area contributed by atoms with Crippen molar-refractivity contribution in [3.05, 3.63) is 38.7 Å². The molecule has 7 heteroatoms. The molecule has 0 aliphatic carbocycles. The van der Waals surface area contributed by atoms with Gasteiger partial charge in [-0.05, 0) is 19.1 Å². The Labute approximate surface area is 100 Å². The molecule has 0 unspecified atom stereocenters. The minimum absolute atomic E-state index is 0.0362. The van der Waals surface area contributed by atoms with Crippen molar-refractivity contribution in [1.82, 2.24) is 0 Å². The summed E-state index contributed by atoms with van der Waals surface area (Å²) in [5, 5.41) is 20.4. The van der Waals surface area contributed by atoms with E-state index in [4.69, 9.17) is 9.15 Å². The number of hydrogen-bond donors (Lipinski definition) is 1. The molecule has 0 amide bonds. The Balaban J connectivity index is 2.74. The lowest BCUT2D eigenvalue weighted by atomic mass is 10.2. The van der Waals surface area contributed by atoms with Gasteiger partial charge >= 0.3 is 11.3 Å². The van der Waals surface area contributed by atoms with Gasteiger partial charge in [0.25, 0.3) is 0 Å². The summed E-state index contributed by atoms with van der Waals surface area (Å²) in [7, 11) is 0. The minimum Gasteiger partial charge on any atom is -0.501 e. The average molecular weight is 251 g/mol. The summed E-state index contributed by atoms with van der Waals surface area (Å²) in [6.07, 6.45) is 0. The molecule has 0 saturated carbocycles. The second-order valence-corrected chi connectivity index (χ2v) is 3.43. The van der Waals surface area contributed by atoms with E-state index < -0.39 is 22.0 Å². The van der Waals surface area contributed by atoms with Crippen LogP contribution in [0.4, 0.5) is 5.69 Å². The smallest absolute Gasteiger partial charge is 0.419 e. The van der Waals surface area contributed by atoms with E-state index in [0.29, 0.717) is 12.4 Å². The maximum atomic E-state index is 11.4. The molecule has 1 aromatic carbocycles. The summed E-state index contributed by atoms with van der Waals surface area (Å²) in [5.41, 5.74) is -2.13. The molecule has 0 aliphatic rings. The molecule has 0 radical (unpaired) electrons. The van der Waals surface area contributed by atoms with E-state index in [0.717, 1.165) is 0 Å². The molecule has 1 N–H and O–H groups in total. The molecule has 2 rings (SSSR count). The van der Waals surface area contributed by atoms with Crippen LogP contribution in [0.25, 0.3) is 11.0 Å². The van der Waals surface area contributed by atoms with Crippen LogP contribution < -0.4 is 10.4 Å². The van der Waals surface area contributed by atoms with Crippen LogP contribution in [-0.4, -0.2) is 16.6 Å². The van der Waals surface area contributed by atoms with Crippen LogP contribution in [0.3, 0.4) is 0 Å². The topological polar surface area (TPSA) is 103 Å². The number of ether oxygens (including phenoxy) is 1. The SMILES string of the molecule is CCOc1ccc2c(O)c([N+](=O)[O-])c(=O)oc2c1. The molecule has 0 bridgehead atoms. The van der Waals surface area contributed by atoms with Crippen LogP contribution in [0.5, 0.6) is 11.5 Å². The number of hydrogen-bond acceptors (Lipinski definition) is 6. The predicted octanol–water partition coefficient (Wildman–Crippen LogP) is 1.81. The molecule has 2 aromatic rings. The second-order valence-electron chi connectivity index (χ2n) is 3.43. The number of benzene rings is 1. The summed E-state index contributed by atoms with van der Waals surface area (Å²) in [4.78, 5) is 21.0. The average Bonchev–Trinajstić information content (AvgIpc) is 2.28. The van der Waals surface area contributed by atoms with E-state index in [2.05, 4.69) is 0 Å². The Morgan fingerprint density at radius 1 is 1.50 bits per heavy atom. The van der Waals surface area contributed by atoms with Crippen molar-refractivity contribution in [3.8, 4) is 11.5 Å². The maximum absolute atomic E-state index is 11.4. The highest BCUT2D eigenvalue weighted by molar-refractivity contribution is 5.87. The van der Waals surface area contributed by atoms with Crippen LogP contribution in [-0.2, 0) is 0 Å². The van der Waals surface area contributed by atoms with E-state index in [1.807, 2.05) is 0 Å². The highest BCUT2D eigenvalue weighted by Gasteiger charge is 2.24. The van der Waals surface area contributed by atoms with Gasteiger partial charge in [0.05, 0.1) is 16.9 Å². The molecule has 7 nitrogen and oxygen atoms in total. The second kappa shape index (κ2) is 4.36. The fourth-order valence-corrected chi connectivity index (χ4v) is 1.57. The lowest BCUT2D eigenvalue weighted by molar-refractivity contribution is -0.388. The Hall–Kier alpha value is -2.57. The van der Waals surface area contributed by atoms with Crippen molar-refractivity contribution in [3.63, 3.8) is 0 Å². The zero-order valence-electron chi connectivity index (χ0n) is 9.37. The van der Waals surface area contributed by atoms with Crippen molar-refractivity contribution in [2.24, 2.45) is 0 Å². The molecular formula is C11H9NO6. The quantitative estimate of drug-likeness (QED) is 0.507. The number of nitro groups is 1. The van der Waals surface area contributed by atoms with Gasteiger partial charge in [0, 0.05) is 6.07 Å². The monoisotopic (exact) mass is 251 g/mol. The lowest BCUT2D eigenvalue weighted by Crippen LogP contribution is -2.07. The first-order chi connectivity index (χ1) is 8.54. The molecule has 0 atom stereocenters. The molecule has 94 valence electrons. The van der Waals surface area contributed by atoms with Crippen molar-refractivity contribution >= 4 is 16.7 Å². The molecule has 18 heavy (non-hydrogen) atoms. The van der Waals surface area contributed by atoms with Crippen molar-refractivity contribution in [1.29, 1.82) is 0 Å².